The molecule has 8 nitrogen and oxygen atoms in total. The van der Waals surface area contributed by atoms with Gasteiger partial charge in [-0.3, -0.25) is 0 Å². The third kappa shape index (κ3) is 3.34. The predicted molar refractivity (Wildman–Crippen MR) is 75.3 cm³/mol. The fraction of sp³-hybridized carbons (Fsp3) is 0.250. The number of hydrogen-bond donors (Lipinski definition) is 1. The van der Waals surface area contributed by atoms with Crippen molar-refractivity contribution < 1.29 is 4.42 Å². The van der Waals surface area contributed by atoms with Gasteiger partial charge in [0, 0.05) is 12.5 Å². The van der Waals surface area contributed by atoms with E-state index in [0.717, 1.165) is 5.76 Å². The van der Waals surface area contributed by atoms with Crippen molar-refractivity contribution in [2.45, 2.75) is 19.4 Å². The van der Waals surface area contributed by atoms with E-state index in [9.17, 15) is 0 Å². The topological polar surface area (TPSA) is 94.6 Å². The molecule has 1 atom stereocenters. The van der Waals surface area contributed by atoms with Gasteiger partial charge in [-0.1, -0.05) is 0 Å². The highest BCUT2D eigenvalue weighted by molar-refractivity contribution is 6.28. The minimum absolute atomic E-state index is 0.0678. The summed E-state index contributed by atoms with van der Waals surface area (Å²) >= 11 is 5.91. The molecule has 0 aromatic carbocycles. The summed E-state index contributed by atoms with van der Waals surface area (Å²) in [5, 5.41) is 7.20. The number of hydrogen-bond acceptors (Lipinski definition) is 7. The number of rotatable bonds is 5. The predicted octanol–water partition coefficient (Wildman–Crippen LogP) is 1.74. The van der Waals surface area contributed by atoms with Gasteiger partial charge in [0.25, 0.3) is 5.95 Å². The van der Waals surface area contributed by atoms with E-state index in [1.165, 1.54) is 17.3 Å². The summed E-state index contributed by atoms with van der Waals surface area (Å²) in [5.74, 6) is 1.56. The molecule has 0 fully saturated rings. The SMILES string of the molecule is CC(Cc1ccco1)Nc1nc(Cl)nc(-n2cncn2)n1. The maximum atomic E-state index is 5.91. The maximum Gasteiger partial charge on any atom is 0.258 e. The summed E-state index contributed by atoms with van der Waals surface area (Å²) in [4.78, 5) is 16.2. The van der Waals surface area contributed by atoms with Gasteiger partial charge in [0.2, 0.25) is 11.2 Å². The van der Waals surface area contributed by atoms with Crippen molar-refractivity contribution in [3.8, 4) is 5.95 Å². The fourth-order valence-corrected chi connectivity index (χ4v) is 1.98. The van der Waals surface area contributed by atoms with Gasteiger partial charge >= 0.3 is 0 Å². The highest BCUT2D eigenvalue weighted by Crippen LogP contribution is 2.11. The quantitative estimate of drug-likeness (QED) is 0.767. The summed E-state index contributed by atoms with van der Waals surface area (Å²) in [6.07, 6.45) is 5.23. The molecule has 0 aliphatic heterocycles. The molecule has 0 radical (unpaired) electrons. The van der Waals surface area contributed by atoms with E-state index < -0.39 is 0 Å². The van der Waals surface area contributed by atoms with Gasteiger partial charge < -0.3 is 9.73 Å². The molecular weight excluding hydrogens is 294 g/mol. The molecule has 1 N–H and O–H groups in total. The summed E-state index contributed by atoms with van der Waals surface area (Å²) in [6, 6.07) is 3.84. The van der Waals surface area contributed by atoms with E-state index in [0.29, 0.717) is 18.3 Å². The minimum Gasteiger partial charge on any atom is -0.469 e. The van der Waals surface area contributed by atoms with Crippen LogP contribution in [0.2, 0.25) is 5.28 Å². The van der Waals surface area contributed by atoms with Gasteiger partial charge in [0.05, 0.1) is 6.26 Å². The van der Waals surface area contributed by atoms with E-state index in [1.54, 1.807) is 6.26 Å². The van der Waals surface area contributed by atoms with Crippen LogP contribution in [0.1, 0.15) is 12.7 Å². The maximum absolute atomic E-state index is 5.91. The van der Waals surface area contributed by atoms with Crippen LogP contribution in [-0.4, -0.2) is 35.8 Å². The Kier molecular flexibility index (Phi) is 3.78. The van der Waals surface area contributed by atoms with Gasteiger partial charge in [-0.05, 0) is 30.7 Å². The molecule has 0 saturated carbocycles. The lowest BCUT2D eigenvalue weighted by Crippen LogP contribution is -2.20. The average Bonchev–Trinajstić information content (AvgIpc) is 3.10. The number of halogens is 1. The molecule has 0 bridgehead atoms. The number of anilines is 1. The van der Waals surface area contributed by atoms with Crippen molar-refractivity contribution in [3.63, 3.8) is 0 Å². The highest BCUT2D eigenvalue weighted by Gasteiger charge is 2.11. The summed E-state index contributed by atoms with van der Waals surface area (Å²) in [5.41, 5.74) is 0. The zero-order chi connectivity index (χ0) is 14.7. The van der Waals surface area contributed by atoms with Crippen molar-refractivity contribution in [2.75, 3.05) is 5.32 Å². The molecule has 108 valence electrons. The number of furan rings is 1. The van der Waals surface area contributed by atoms with Crippen LogP contribution in [0.25, 0.3) is 5.95 Å². The molecule has 3 aromatic rings. The first-order chi connectivity index (χ1) is 10.2. The van der Waals surface area contributed by atoms with Crippen LogP contribution < -0.4 is 5.32 Å². The summed E-state index contributed by atoms with van der Waals surface area (Å²) in [6.45, 7) is 2.00. The molecule has 3 rings (SSSR count). The number of aromatic nitrogens is 6. The van der Waals surface area contributed by atoms with Crippen LogP contribution >= 0.6 is 11.6 Å². The third-order valence-electron chi connectivity index (χ3n) is 2.68. The Hall–Kier alpha value is -2.48. The van der Waals surface area contributed by atoms with Gasteiger partial charge in [-0.15, -0.1) is 0 Å². The summed E-state index contributed by atoms with van der Waals surface area (Å²) in [7, 11) is 0. The van der Waals surface area contributed by atoms with E-state index in [-0.39, 0.29) is 11.3 Å². The molecule has 0 aliphatic rings. The molecular formula is C12H12ClN7O. The lowest BCUT2D eigenvalue weighted by atomic mass is 10.2. The molecule has 21 heavy (non-hydrogen) atoms. The second-order valence-electron chi connectivity index (χ2n) is 4.40. The van der Waals surface area contributed by atoms with E-state index in [1.807, 2.05) is 19.1 Å². The van der Waals surface area contributed by atoms with Crippen LogP contribution in [0.15, 0.2) is 35.5 Å². The smallest absolute Gasteiger partial charge is 0.258 e. The monoisotopic (exact) mass is 305 g/mol. The number of nitrogens with one attached hydrogen (secondary N) is 1. The standard InChI is InChI=1S/C12H12ClN7O/c1-8(5-9-3-2-4-21-9)16-11-17-10(13)18-12(19-11)20-7-14-6-15-20/h2-4,6-8H,5H2,1H3,(H,16,17,18,19). The van der Waals surface area contributed by atoms with Crippen LogP contribution in [0.5, 0.6) is 0 Å². The van der Waals surface area contributed by atoms with Crippen molar-refractivity contribution in [3.05, 3.63) is 42.1 Å². The Morgan fingerprint density at radius 1 is 1.38 bits per heavy atom. The third-order valence-corrected chi connectivity index (χ3v) is 2.85. The Bertz CT molecular complexity index is 698. The van der Waals surface area contributed by atoms with Crippen LogP contribution in [-0.2, 0) is 6.42 Å². The Morgan fingerprint density at radius 2 is 2.29 bits per heavy atom. The fourth-order valence-electron chi connectivity index (χ4n) is 1.82. The average molecular weight is 306 g/mol. The molecule has 3 aromatic heterocycles. The first-order valence-corrected chi connectivity index (χ1v) is 6.64. The molecule has 1 unspecified atom stereocenters. The second-order valence-corrected chi connectivity index (χ2v) is 4.74. The Balaban J connectivity index is 1.76. The molecule has 0 aliphatic carbocycles. The zero-order valence-corrected chi connectivity index (χ0v) is 11.9. The van der Waals surface area contributed by atoms with E-state index in [4.69, 9.17) is 16.0 Å². The second kappa shape index (κ2) is 5.88. The Labute approximate surface area is 125 Å². The minimum atomic E-state index is 0.0678. The van der Waals surface area contributed by atoms with Gasteiger partial charge in [0.1, 0.15) is 18.4 Å². The van der Waals surface area contributed by atoms with Gasteiger partial charge in [-0.25, -0.2) is 4.98 Å². The zero-order valence-electron chi connectivity index (χ0n) is 11.1. The largest absolute Gasteiger partial charge is 0.469 e. The molecule has 3 heterocycles. The number of nitrogens with zero attached hydrogens (tertiary/aromatic N) is 6. The van der Waals surface area contributed by atoms with Crippen molar-refractivity contribution >= 4 is 17.5 Å². The van der Waals surface area contributed by atoms with Crippen LogP contribution in [0.3, 0.4) is 0 Å². The Morgan fingerprint density at radius 3 is 3.00 bits per heavy atom. The molecule has 0 spiro atoms. The highest BCUT2D eigenvalue weighted by atomic mass is 35.5. The summed E-state index contributed by atoms with van der Waals surface area (Å²) < 4.78 is 6.72. The molecule has 0 amide bonds. The van der Waals surface area contributed by atoms with Gasteiger partial charge in [0.15, 0.2) is 0 Å². The van der Waals surface area contributed by atoms with E-state index in [2.05, 4.69) is 30.4 Å². The first kappa shape index (κ1) is 13.5. The van der Waals surface area contributed by atoms with Crippen molar-refractivity contribution in [1.82, 2.24) is 29.7 Å². The first-order valence-electron chi connectivity index (χ1n) is 6.26. The molecule has 9 heteroatoms. The van der Waals surface area contributed by atoms with E-state index >= 15 is 0 Å². The van der Waals surface area contributed by atoms with Gasteiger partial charge in [-0.2, -0.15) is 24.7 Å². The van der Waals surface area contributed by atoms with Crippen LogP contribution in [0.4, 0.5) is 5.95 Å². The normalized spacial score (nSPS) is 12.3. The van der Waals surface area contributed by atoms with Crippen molar-refractivity contribution in [1.29, 1.82) is 0 Å². The lowest BCUT2D eigenvalue weighted by molar-refractivity contribution is 0.497. The molecule has 0 saturated heterocycles. The van der Waals surface area contributed by atoms with Crippen molar-refractivity contribution in [2.24, 2.45) is 0 Å². The lowest BCUT2D eigenvalue weighted by Gasteiger charge is -2.12. The van der Waals surface area contributed by atoms with Crippen LogP contribution in [0, 0.1) is 0 Å².